The maximum absolute atomic E-state index is 13.0. The van der Waals surface area contributed by atoms with Crippen LogP contribution in [0.25, 0.3) is 6.08 Å². The van der Waals surface area contributed by atoms with Crippen molar-refractivity contribution in [2.24, 2.45) is 0 Å². The first-order valence-electron chi connectivity index (χ1n) is 8.91. The molecule has 0 radical (unpaired) electrons. The van der Waals surface area contributed by atoms with Gasteiger partial charge in [-0.2, -0.15) is 0 Å². The molecule has 0 spiro atoms. The Hall–Kier alpha value is -2.03. The number of carbonyl (C=O) groups is 3. The van der Waals surface area contributed by atoms with E-state index in [1.165, 1.54) is 0 Å². The Morgan fingerprint density at radius 3 is 2.68 bits per heavy atom. The highest BCUT2D eigenvalue weighted by Crippen LogP contribution is 2.34. The number of hydrogen-bond acceptors (Lipinski definition) is 6. The summed E-state index contributed by atoms with van der Waals surface area (Å²) in [6, 6.07) is 4.96. The first-order valence-corrected chi connectivity index (χ1v) is 10.1. The number of nitrogens with zero attached hydrogens (tertiary/aromatic N) is 1. The van der Waals surface area contributed by atoms with Gasteiger partial charge < -0.3 is 10.1 Å². The van der Waals surface area contributed by atoms with E-state index in [9.17, 15) is 14.4 Å². The second-order valence-corrected chi connectivity index (χ2v) is 9.00. The van der Waals surface area contributed by atoms with Crippen molar-refractivity contribution < 1.29 is 19.1 Å². The number of anilines is 1. The Kier molecular flexibility index (Phi) is 6.02. The molecule has 7 nitrogen and oxygen atoms in total. The smallest absolute Gasteiger partial charge is 0.415 e. The summed E-state index contributed by atoms with van der Waals surface area (Å²) >= 11 is 7.05. The molecule has 1 atom stereocenters. The van der Waals surface area contributed by atoms with E-state index in [1.807, 2.05) is 20.8 Å². The van der Waals surface area contributed by atoms with Crippen LogP contribution in [0.5, 0.6) is 0 Å². The SMILES string of the molecule is CC(C)(C)OC(=O)N(c1cc(Cl)ccc1C=C1SC(=O)NC1=O)[C@H]1CCNC1. The van der Waals surface area contributed by atoms with Gasteiger partial charge in [-0.05, 0) is 69.3 Å². The normalized spacial score (nSPS) is 21.1. The van der Waals surface area contributed by atoms with Gasteiger partial charge in [-0.15, -0.1) is 0 Å². The Morgan fingerprint density at radius 2 is 2.11 bits per heavy atom. The summed E-state index contributed by atoms with van der Waals surface area (Å²) in [6.07, 6.45) is 1.87. The van der Waals surface area contributed by atoms with Crippen LogP contribution in [0.15, 0.2) is 23.1 Å². The van der Waals surface area contributed by atoms with Crippen molar-refractivity contribution in [3.05, 3.63) is 33.7 Å². The fourth-order valence-electron chi connectivity index (χ4n) is 3.02. The topological polar surface area (TPSA) is 87.7 Å². The first-order chi connectivity index (χ1) is 13.1. The zero-order chi connectivity index (χ0) is 20.5. The van der Waals surface area contributed by atoms with Gasteiger partial charge in [0.25, 0.3) is 11.1 Å². The van der Waals surface area contributed by atoms with Gasteiger partial charge in [-0.25, -0.2) is 4.79 Å². The van der Waals surface area contributed by atoms with Crippen molar-refractivity contribution in [1.82, 2.24) is 10.6 Å². The molecule has 0 aromatic heterocycles. The van der Waals surface area contributed by atoms with Crippen LogP contribution in [-0.4, -0.2) is 42.0 Å². The summed E-state index contributed by atoms with van der Waals surface area (Å²) in [5, 5.41) is 5.52. The lowest BCUT2D eigenvalue weighted by Crippen LogP contribution is -2.45. The van der Waals surface area contributed by atoms with Gasteiger partial charge in [-0.3, -0.25) is 19.8 Å². The molecule has 1 aromatic rings. The molecule has 3 amide bonds. The molecule has 9 heteroatoms. The molecular weight excluding hydrogens is 402 g/mol. The van der Waals surface area contributed by atoms with Crippen molar-refractivity contribution in [2.75, 3.05) is 18.0 Å². The van der Waals surface area contributed by atoms with Crippen LogP contribution < -0.4 is 15.5 Å². The van der Waals surface area contributed by atoms with Crippen LogP contribution in [0.1, 0.15) is 32.8 Å². The number of carbonyl (C=O) groups excluding carboxylic acids is 3. The van der Waals surface area contributed by atoms with Gasteiger partial charge in [0.15, 0.2) is 0 Å². The van der Waals surface area contributed by atoms with Gasteiger partial charge in [0.2, 0.25) is 0 Å². The average molecular weight is 424 g/mol. The molecule has 2 aliphatic heterocycles. The predicted octanol–water partition coefficient (Wildman–Crippen LogP) is 3.77. The number of amides is 3. The Bertz CT molecular complexity index is 844. The van der Waals surface area contributed by atoms with E-state index in [2.05, 4.69) is 10.6 Å². The summed E-state index contributed by atoms with van der Waals surface area (Å²) in [7, 11) is 0. The number of benzene rings is 1. The largest absolute Gasteiger partial charge is 0.443 e. The molecule has 0 saturated carbocycles. The second-order valence-electron chi connectivity index (χ2n) is 7.55. The fraction of sp³-hybridized carbons (Fsp3) is 0.421. The second kappa shape index (κ2) is 8.14. The summed E-state index contributed by atoms with van der Waals surface area (Å²) in [5.74, 6) is -0.456. The van der Waals surface area contributed by atoms with Crippen LogP contribution in [-0.2, 0) is 9.53 Å². The molecule has 1 aromatic carbocycles. The molecule has 2 aliphatic rings. The molecule has 2 fully saturated rings. The summed E-state index contributed by atoms with van der Waals surface area (Å²) < 4.78 is 5.63. The standard InChI is InChI=1S/C19H22ClN3O4S/c1-19(2,3)27-18(26)23(13-6-7-21-10-13)14-9-12(20)5-4-11(14)8-15-16(24)22-17(25)28-15/h4-5,8-9,13,21H,6-7,10H2,1-3H3,(H,22,24,25)/t13-/m0/s1. The van der Waals surface area contributed by atoms with Gasteiger partial charge in [0, 0.05) is 11.6 Å². The maximum atomic E-state index is 13.0. The summed E-state index contributed by atoms with van der Waals surface area (Å²) in [5.41, 5.74) is 0.483. The molecule has 2 N–H and O–H groups in total. The minimum atomic E-state index is -0.661. The summed E-state index contributed by atoms with van der Waals surface area (Å²) in [6.45, 7) is 6.83. The highest BCUT2D eigenvalue weighted by molar-refractivity contribution is 8.18. The molecule has 2 heterocycles. The first kappa shape index (κ1) is 20.7. The van der Waals surface area contributed by atoms with E-state index in [1.54, 1.807) is 29.2 Å². The molecule has 0 unspecified atom stereocenters. The minimum absolute atomic E-state index is 0.114. The van der Waals surface area contributed by atoms with Crippen LogP contribution in [0, 0.1) is 0 Å². The van der Waals surface area contributed by atoms with E-state index >= 15 is 0 Å². The van der Waals surface area contributed by atoms with E-state index < -0.39 is 22.8 Å². The zero-order valence-electron chi connectivity index (χ0n) is 15.9. The lowest BCUT2D eigenvalue weighted by molar-refractivity contribution is -0.115. The van der Waals surface area contributed by atoms with E-state index in [4.69, 9.17) is 16.3 Å². The molecular formula is C19H22ClN3O4S. The van der Waals surface area contributed by atoms with Crippen molar-refractivity contribution >= 4 is 52.4 Å². The van der Waals surface area contributed by atoms with Gasteiger partial charge in [0.05, 0.1) is 16.6 Å². The van der Waals surface area contributed by atoms with Crippen molar-refractivity contribution in [3.8, 4) is 0 Å². The third kappa shape index (κ3) is 4.87. The van der Waals surface area contributed by atoms with Gasteiger partial charge in [-0.1, -0.05) is 17.7 Å². The highest BCUT2D eigenvalue weighted by Gasteiger charge is 2.33. The molecule has 0 aliphatic carbocycles. The zero-order valence-corrected chi connectivity index (χ0v) is 17.4. The van der Waals surface area contributed by atoms with E-state index in [0.717, 1.165) is 24.7 Å². The molecule has 28 heavy (non-hydrogen) atoms. The number of ether oxygens (including phenoxy) is 1. The van der Waals surface area contributed by atoms with Crippen LogP contribution in [0.2, 0.25) is 5.02 Å². The Balaban J connectivity index is 2.05. The number of thioether (sulfide) groups is 1. The molecule has 150 valence electrons. The minimum Gasteiger partial charge on any atom is -0.443 e. The number of rotatable bonds is 3. The third-order valence-electron chi connectivity index (χ3n) is 4.17. The highest BCUT2D eigenvalue weighted by atomic mass is 35.5. The average Bonchev–Trinajstić information content (AvgIpc) is 3.18. The lowest BCUT2D eigenvalue weighted by atomic mass is 10.1. The molecule has 0 bridgehead atoms. The van der Waals surface area contributed by atoms with E-state index in [-0.39, 0.29) is 10.9 Å². The van der Waals surface area contributed by atoms with Crippen molar-refractivity contribution in [2.45, 2.75) is 38.8 Å². The van der Waals surface area contributed by atoms with Gasteiger partial charge >= 0.3 is 6.09 Å². The van der Waals surface area contributed by atoms with Gasteiger partial charge in [0.1, 0.15) is 5.60 Å². The monoisotopic (exact) mass is 423 g/mol. The number of nitrogens with one attached hydrogen (secondary N) is 2. The van der Waals surface area contributed by atoms with E-state index in [0.29, 0.717) is 22.8 Å². The number of imide groups is 1. The lowest BCUT2D eigenvalue weighted by Gasteiger charge is -2.32. The maximum Gasteiger partial charge on any atom is 0.415 e. The van der Waals surface area contributed by atoms with Crippen molar-refractivity contribution in [1.29, 1.82) is 0 Å². The predicted molar refractivity (Wildman–Crippen MR) is 111 cm³/mol. The van der Waals surface area contributed by atoms with Crippen LogP contribution >= 0.6 is 23.4 Å². The quantitative estimate of drug-likeness (QED) is 0.719. The Morgan fingerprint density at radius 1 is 1.36 bits per heavy atom. The van der Waals surface area contributed by atoms with Crippen molar-refractivity contribution in [3.63, 3.8) is 0 Å². The molecule has 3 rings (SSSR count). The number of hydrogen-bond donors (Lipinski definition) is 2. The Labute approximate surface area is 172 Å². The molecule has 2 saturated heterocycles. The van der Waals surface area contributed by atoms with Crippen LogP contribution in [0.4, 0.5) is 15.3 Å². The third-order valence-corrected chi connectivity index (χ3v) is 5.22. The van der Waals surface area contributed by atoms with Crippen LogP contribution in [0.3, 0.4) is 0 Å². The summed E-state index contributed by atoms with van der Waals surface area (Å²) in [4.78, 5) is 38.3. The number of halogens is 1. The fourth-order valence-corrected chi connectivity index (χ4v) is 3.86.